The average Bonchev–Trinajstić information content (AvgIpc) is 3.65. The van der Waals surface area contributed by atoms with E-state index in [4.69, 9.17) is 5.73 Å². The van der Waals surface area contributed by atoms with Crippen LogP contribution in [0.5, 0.6) is 0 Å². The first-order valence-electron chi connectivity index (χ1n) is 23.4. The van der Waals surface area contributed by atoms with Gasteiger partial charge in [0.25, 0.3) is 0 Å². The second-order valence-corrected chi connectivity index (χ2v) is 18.2. The molecule has 10 heteroatoms. The van der Waals surface area contributed by atoms with Crippen molar-refractivity contribution in [3.05, 3.63) is 130 Å². The van der Waals surface area contributed by atoms with Gasteiger partial charge in [-0.3, -0.25) is 15.2 Å². The Labute approximate surface area is 393 Å². The minimum absolute atomic E-state index is 0.104. The van der Waals surface area contributed by atoms with Gasteiger partial charge in [-0.1, -0.05) is 122 Å². The predicted molar refractivity (Wildman–Crippen MR) is 277 cm³/mol. The van der Waals surface area contributed by atoms with E-state index in [-0.39, 0.29) is 17.9 Å². The molecular weight excluding hydrogens is 813 g/mol. The van der Waals surface area contributed by atoms with Gasteiger partial charge in [0.05, 0.1) is 17.2 Å². The summed E-state index contributed by atoms with van der Waals surface area (Å²) in [5, 5.41) is 2.33. The van der Waals surface area contributed by atoms with E-state index < -0.39 is 11.5 Å². The summed E-state index contributed by atoms with van der Waals surface area (Å²) in [7, 11) is 0. The zero-order valence-electron chi connectivity index (χ0n) is 41.9. The van der Waals surface area contributed by atoms with Crippen molar-refractivity contribution in [3.8, 4) is 0 Å². The largest absolute Gasteiger partial charge is 0.445 e. The van der Waals surface area contributed by atoms with E-state index in [0.29, 0.717) is 11.8 Å². The first kappa shape index (κ1) is 57.5. The van der Waals surface area contributed by atoms with Gasteiger partial charge in [0.1, 0.15) is 0 Å². The van der Waals surface area contributed by atoms with E-state index in [2.05, 4.69) is 147 Å². The molecule has 1 saturated heterocycles. The minimum atomic E-state index is -0.806. The van der Waals surface area contributed by atoms with Crippen LogP contribution in [0.25, 0.3) is 5.70 Å². The summed E-state index contributed by atoms with van der Waals surface area (Å²) in [4.78, 5) is 30.3. The van der Waals surface area contributed by atoms with Crippen molar-refractivity contribution < 1.29 is 14.3 Å². The number of amides is 2. The van der Waals surface area contributed by atoms with Crippen molar-refractivity contribution in [1.29, 1.82) is 0 Å². The van der Waals surface area contributed by atoms with Gasteiger partial charge < -0.3 is 15.2 Å². The van der Waals surface area contributed by atoms with Gasteiger partial charge >= 0.3 is 6.09 Å². The molecule has 2 amide bonds. The van der Waals surface area contributed by atoms with Crippen molar-refractivity contribution >= 4 is 36.4 Å². The van der Waals surface area contributed by atoms with Crippen molar-refractivity contribution in [3.63, 3.8) is 0 Å². The number of allylic oxidation sites excluding steroid dienone is 6. The molecule has 9 nitrogen and oxygen atoms in total. The summed E-state index contributed by atoms with van der Waals surface area (Å²) in [6, 6.07) is 10.7. The minimum Gasteiger partial charge on any atom is -0.445 e. The zero-order chi connectivity index (χ0) is 48.4. The van der Waals surface area contributed by atoms with Crippen LogP contribution in [0.15, 0.2) is 113 Å². The van der Waals surface area contributed by atoms with Crippen LogP contribution in [0.4, 0.5) is 4.79 Å². The molecule has 3 aliphatic rings. The molecule has 2 aliphatic heterocycles. The molecule has 4 N–H and O–H groups in total. The number of aliphatic imine (C=N–C) groups is 1. The maximum atomic E-state index is 12.3. The Bertz CT molecular complexity index is 1870. The van der Waals surface area contributed by atoms with Crippen LogP contribution in [0.1, 0.15) is 143 Å². The summed E-state index contributed by atoms with van der Waals surface area (Å²) in [5.41, 5.74) is 18.0. The number of aryl methyl sites for hydroxylation is 2. The lowest BCUT2D eigenvalue weighted by Gasteiger charge is -2.25. The molecule has 3 atom stereocenters. The lowest BCUT2D eigenvalue weighted by atomic mass is 9.84. The number of hydrogen-bond acceptors (Lipinski definition) is 8. The molecule has 354 valence electrons. The lowest BCUT2D eigenvalue weighted by molar-refractivity contribution is -0.123. The van der Waals surface area contributed by atoms with Gasteiger partial charge in [-0.2, -0.15) is 4.99 Å². The molecular formula is C54H84N6O3S. The number of aromatic nitrogens is 1. The van der Waals surface area contributed by atoms with E-state index in [9.17, 15) is 9.59 Å². The highest BCUT2D eigenvalue weighted by Crippen LogP contribution is 2.42. The summed E-state index contributed by atoms with van der Waals surface area (Å²) in [5.74, 6) is 2.08. The molecule has 64 heavy (non-hydrogen) atoms. The van der Waals surface area contributed by atoms with E-state index in [0.717, 1.165) is 59.3 Å². The van der Waals surface area contributed by atoms with E-state index in [1.807, 2.05) is 52.2 Å². The Morgan fingerprint density at radius 3 is 2.14 bits per heavy atom. The third kappa shape index (κ3) is 19.7. The predicted octanol–water partition coefficient (Wildman–Crippen LogP) is 13.4. The number of primary amides is 1. The Hall–Kier alpha value is -4.51. The van der Waals surface area contributed by atoms with E-state index in [1.54, 1.807) is 13.8 Å². The number of pyridine rings is 1. The second-order valence-electron chi connectivity index (χ2n) is 17.4. The highest BCUT2D eigenvalue weighted by molar-refractivity contribution is 8.01. The highest BCUT2D eigenvalue weighted by Gasteiger charge is 2.34. The number of benzene rings is 1. The number of carbonyl (C=O) groups excluding carboxylic acids is 2. The number of hydrazine groups is 1. The third-order valence-corrected chi connectivity index (χ3v) is 12.7. The average molecular weight is 897 g/mol. The van der Waals surface area contributed by atoms with Gasteiger partial charge in [0.2, 0.25) is 5.91 Å². The number of nitrogens with zero attached hydrogens (tertiary/aromatic N) is 3. The standard InChI is InChI=1S/C32H44N4OS.C9H13N.C6H12.C5H9NO2.C2H6/c1-9-11-25(12-10-2)26-13-14-36(20-26)34-19-24(6)29-23(5)18-28(32(7,8)31(33)37)38-35-30(29)27-16-21(3)15-22(4)17-27;1-3-8(2)9-4-6-10-7-5-9;1-2-6-4-3-5-6;1-4(2)8-5(7)6-3;1-2/h9-12,15-18,24,26,34-35H,1,5,13-14,19-20H2,2-4,6-8H3,(H2,33,37);4-8H,3H2,1-2H3;6H,2-5H2,1H3;4H,3H2,1-2H3;1-2H3/b12-10-,25-11+;;;;/t24-,26?;;;;/m1..../s1. The number of rotatable bonds is 14. The summed E-state index contributed by atoms with van der Waals surface area (Å²) >= 11 is 1.45. The monoisotopic (exact) mass is 897 g/mol. The van der Waals surface area contributed by atoms with Gasteiger partial charge in [-0.05, 0) is 162 Å². The van der Waals surface area contributed by atoms with Gasteiger partial charge in [0.15, 0.2) is 0 Å². The number of nitrogens with two attached hydrogens (primary N) is 1. The molecule has 5 rings (SSSR count). The molecule has 3 heterocycles. The van der Waals surface area contributed by atoms with Gasteiger partial charge in [0, 0.05) is 36.9 Å². The van der Waals surface area contributed by atoms with Crippen molar-refractivity contribution in [2.75, 3.05) is 19.6 Å². The smallest absolute Gasteiger partial charge is 0.433 e. The number of carbonyl (C=O) groups is 2. The van der Waals surface area contributed by atoms with Crippen LogP contribution in [-0.4, -0.2) is 54.4 Å². The Kier molecular flexibility index (Phi) is 27.5. The van der Waals surface area contributed by atoms with Crippen molar-refractivity contribution in [2.45, 2.75) is 141 Å². The summed E-state index contributed by atoms with van der Waals surface area (Å²) in [6.45, 7) is 40.5. The number of hydrogen-bond donors (Lipinski definition) is 3. The van der Waals surface area contributed by atoms with Crippen LogP contribution < -0.4 is 15.9 Å². The van der Waals surface area contributed by atoms with Crippen molar-refractivity contribution in [1.82, 2.24) is 20.1 Å². The normalized spacial score (nSPS) is 17.5. The Morgan fingerprint density at radius 2 is 1.69 bits per heavy atom. The molecule has 1 aromatic heterocycles. The Morgan fingerprint density at radius 1 is 1.06 bits per heavy atom. The van der Waals surface area contributed by atoms with Gasteiger partial charge in [-0.15, -0.1) is 0 Å². The lowest BCUT2D eigenvalue weighted by Crippen LogP contribution is -2.39. The molecule has 0 spiro atoms. The molecule has 1 aromatic carbocycles. The molecule has 2 aromatic rings. The number of nitrogens with one attached hydrogen (secondary N) is 2. The molecule has 0 radical (unpaired) electrons. The van der Waals surface area contributed by atoms with Crippen LogP contribution in [-0.2, 0) is 9.53 Å². The zero-order valence-corrected chi connectivity index (χ0v) is 42.7. The summed E-state index contributed by atoms with van der Waals surface area (Å²) in [6.07, 6.45) is 21.5. The van der Waals surface area contributed by atoms with E-state index >= 15 is 0 Å². The first-order valence-corrected chi connectivity index (χ1v) is 24.2. The van der Waals surface area contributed by atoms with Gasteiger partial charge in [-0.25, -0.2) is 9.80 Å². The summed E-state index contributed by atoms with van der Waals surface area (Å²) < 4.78 is 8.13. The Balaban J connectivity index is 0.000000630. The van der Waals surface area contributed by atoms with Crippen LogP contribution >= 0.6 is 11.9 Å². The number of ether oxygens (including phenoxy) is 1. The topological polar surface area (TPSA) is 122 Å². The van der Waals surface area contributed by atoms with Crippen molar-refractivity contribution in [2.24, 2.45) is 33.9 Å². The maximum Gasteiger partial charge on any atom is 0.433 e. The fourth-order valence-electron chi connectivity index (χ4n) is 7.18. The molecule has 1 saturated carbocycles. The van der Waals surface area contributed by atoms with Crippen LogP contribution in [0.3, 0.4) is 0 Å². The molecule has 2 unspecified atom stereocenters. The van der Waals surface area contributed by atoms with E-state index in [1.165, 1.54) is 66.3 Å². The second kappa shape index (κ2) is 30.6. The molecule has 0 bridgehead atoms. The van der Waals surface area contributed by atoms with Crippen LogP contribution in [0.2, 0.25) is 0 Å². The first-order chi connectivity index (χ1) is 30.4. The van der Waals surface area contributed by atoms with Crippen LogP contribution in [0, 0.1) is 37.0 Å². The molecule has 1 aliphatic carbocycles. The molecule has 2 fully saturated rings. The fourth-order valence-corrected chi connectivity index (χ4v) is 8.18. The maximum absolute atomic E-state index is 12.3. The SMILES string of the molecule is C=C/C=C(\C=C/C)C1CCN(NC[C@@H](C)C2=C(c3cc(C)cc(C)c3)NSC(C(C)(C)C(N)=O)=CC2=C)C1.C=NC(=O)OC(C)C.CC.CCC(C)c1ccncc1.CCC1CCC1. The fraction of sp³-hybridized carbons (Fsp3) is 0.519. The third-order valence-electron chi connectivity index (χ3n) is 11.5. The quantitative estimate of drug-likeness (QED) is 0.0974. The highest BCUT2D eigenvalue weighted by atomic mass is 32.2.